The Morgan fingerprint density at radius 3 is 2.62 bits per heavy atom. The zero-order chi connectivity index (χ0) is 15.4. The van der Waals surface area contributed by atoms with E-state index in [1.54, 1.807) is 24.3 Å². The molecule has 1 aliphatic carbocycles. The highest BCUT2D eigenvalue weighted by Crippen LogP contribution is 2.28. The molecule has 0 unspecified atom stereocenters. The average molecular weight is 305 g/mol. The lowest BCUT2D eigenvalue weighted by atomic mass is 10.2. The Labute approximate surface area is 129 Å². The molecule has 0 bridgehead atoms. The maximum absolute atomic E-state index is 11.9. The van der Waals surface area contributed by atoms with E-state index in [1.165, 1.54) is 0 Å². The van der Waals surface area contributed by atoms with Crippen LogP contribution in [0.2, 0.25) is 0 Å². The summed E-state index contributed by atoms with van der Waals surface area (Å²) < 4.78 is 0. The van der Waals surface area contributed by atoms with Gasteiger partial charge in [0.1, 0.15) is 0 Å². The number of hydrogen-bond acceptors (Lipinski definition) is 3. The molecule has 0 aromatic heterocycles. The Morgan fingerprint density at radius 1 is 1.29 bits per heavy atom. The highest BCUT2D eigenvalue weighted by Gasteiger charge is 2.30. The topological polar surface area (TPSA) is 70.2 Å². The molecule has 21 heavy (non-hydrogen) atoms. The van der Waals surface area contributed by atoms with Gasteiger partial charge in [-0.3, -0.25) is 9.59 Å². The molecule has 0 saturated heterocycles. The van der Waals surface area contributed by atoms with Gasteiger partial charge in [0, 0.05) is 23.2 Å². The van der Waals surface area contributed by atoms with Crippen molar-refractivity contribution in [2.45, 2.75) is 32.7 Å². The van der Waals surface area contributed by atoms with Gasteiger partial charge in [0.15, 0.2) is 5.11 Å². The third-order valence-corrected chi connectivity index (χ3v) is 3.19. The summed E-state index contributed by atoms with van der Waals surface area (Å²) in [6.45, 7) is 3.81. The van der Waals surface area contributed by atoms with Crippen LogP contribution >= 0.6 is 12.2 Å². The predicted octanol–water partition coefficient (Wildman–Crippen LogP) is 2.05. The van der Waals surface area contributed by atoms with E-state index >= 15 is 0 Å². The van der Waals surface area contributed by atoms with Crippen molar-refractivity contribution in [1.29, 1.82) is 0 Å². The molecule has 1 saturated carbocycles. The molecule has 2 amide bonds. The number of rotatable bonds is 4. The summed E-state index contributed by atoms with van der Waals surface area (Å²) in [7, 11) is 0. The number of thiocarbonyl (C=S) groups is 1. The molecule has 0 radical (unpaired) electrons. The van der Waals surface area contributed by atoms with Gasteiger partial charge in [0.05, 0.1) is 0 Å². The average Bonchev–Trinajstić information content (AvgIpc) is 3.22. The van der Waals surface area contributed by atoms with E-state index in [4.69, 9.17) is 12.2 Å². The van der Waals surface area contributed by atoms with Gasteiger partial charge in [-0.1, -0.05) is 6.07 Å². The number of benzene rings is 1. The third-order valence-electron chi connectivity index (χ3n) is 2.99. The van der Waals surface area contributed by atoms with Crippen LogP contribution in [-0.2, 0) is 4.79 Å². The zero-order valence-corrected chi connectivity index (χ0v) is 12.9. The summed E-state index contributed by atoms with van der Waals surface area (Å²) in [5, 5.41) is 8.66. The fraction of sp³-hybridized carbons (Fsp3) is 0.400. The fourth-order valence-corrected chi connectivity index (χ4v) is 2.02. The monoisotopic (exact) mass is 305 g/mol. The van der Waals surface area contributed by atoms with Crippen LogP contribution in [0.4, 0.5) is 5.69 Å². The van der Waals surface area contributed by atoms with Gasteiger partial charge in [-0.2, -0.15) is 0 Å². The second kappa shape index (κ2) is 6.67. The lowest BCUT2D eigenvalue weighted by Gasteiger charge is -2.11. The number of anilines is 1. The molecular weight excluding hydrogens is 286 g/mol. The van der Waals surface area contributed by atoms with Crippen LogP contribution in [0.5, 0.6) is 0 Å². The predicted molar refractivity (Wildman–Crippen MR) is 86.1 cm³/mol. The lowest BCUT2D eigenvalue weighted by molar-refractivity contribution is -0.120. The van der Waals surface area contributed by atoms with Crippen molar-refractivity contribution in [2.75, 3.05) is 5.32 Å². The summed E-state index contributed by atoms with van der Waals surface area (Å²) in [5.74, 6) is -0.0734. The highest BCUT2D eigenvalue weighted by atomic mass is 32.1. The molecule has 0 heterocycles. The second-order valence-corrected chi connectivity index (χ2v) is 5.83. The van der Waals surface area contributed by atoms with E-state index in [-0.39, 0.29) is 28.9 Å². The van der Waals surface area contributed by atoms with Crippen LogP contribution in [0.3, 0.4) is 0 Å². The number of hydrogen-bond donors (Lipinski definition) is 3. The first-order valence-corrected chi connectivity index (χ1v) is 7.39. The zero-order valence-electron chi connectivity index (χ0n) is 12.1. The third kappa shape index (κ3) is 4.82. The minimum absolute atomic E-state index is 0.0406. The number of carbonyl (C=O) groups excluding carboxylic acids is 2. The standard InChI is InChI=1S/C15H19N3O2S/c1-9(2)16-14(20)11-4-3-5-12(8-11)17-15(21)18-13(19)10-6-7-10/h3-5,8-10H,6-7H2,1-2H3,(H,16,20)(H2,17,18,19,21). The van der Waals surface area contributed by atoms with E-state index in [1.807, 2.05) is 13.8 Å². The van der Waals surface area contributed by atoms with Crippen molar-refractivity contribution in [3.8, 4) is 0 Å². The maximum Gasteiger partial charge on any atom is 0.251 e. The maximum atomic E-state index is 11.9. The molecule has 0 atom stereocenters. The van der Waals surface area contributed by atoms with Crippen LogP contribution < -0.4 is 16.0 Å². The highest BCUT2D eigenvalue weighted by molar-refractivity contribution is 7.80. The molecule has 0 spiro atoms. The molecule has 2 rings (SSSR count). The fourth-order valence-electron chi connectivity index (χ4n) is 1.81. The molecule has 5 nitrogen and oxygen atoms in total. The van der Waals surface area contributed by atoms with Gasteiger partial charge in [-0.25, -0.2) is 0 Å². The molecule has 1 fully saturated rings. The number of amides is 2. The SMILES string of the molecule is CC(C)NC(=O)c1cccc(NC(=S)NC(=O)C2CC2)c1. The van der Waals surface area contributed by atoms with E-state index in [0.29, 0.717) is 11.3 Å². The Kier molecular flexibility index (Phi) is 4.90. The molecule has 0 aliphatic heterocycles. The van der Waals surface area contributed by atoms with Crippen LogP contribution in [-0.4, -0.2) is 23.0 Å². The first-order valence-electron chi connectivity index (χ1n) is 6.98. The Hall–Kier alpha value is -1.95. The largest absolute Gasteiger partial charge is 0.350 e. The minimum atomic E-state index is -0.137. The Morgan fingerprint density at radius 2 is 2.00 bits per heavy atom. The van der Waals surface area contributed by atoms with Gasteiger partial charge >= 0.3 is 0 Å². The molecule has 1 aliphatic rings. The summed E-state index contributed by atoms with van der Waals surface area (Å²) in [4.78, 5) is 23.5. The van der Waals surface area contributed by atoms with Gasteiger partial charge in [0.25, 0.3) is 5.91 Å². The van der Waals surface area contributed by atoms with Crippen molar-refractivity contribution >= 4 is 34.8 Å². The van der Waals surface area contributed by atoms with Crippen molar-refractivity contribution in [2.24, 2.45) is 5.92 Å². The van der Waals surface area contributed by atoms with Crippen LogP contribution in [0.1, 0.15) is 37.0 Å². The molecule has 1 aromatic rings. The van der Waals surface area contributed by atoms with Crippen molar-refractivity contribution in [3.63, 3.8) is 0 Å². The van der Waals surface area contributed by atoms with Gasteiger partial charge in [-0.15, -0.1) is 0 Å². The minimum Gasteiger partial charge on any atom is -0.350 e. The quantitative estimate of drug-likeness (QED) is 0.745. The molecule has 112 valence electrons. The molecule has 1 aromatic carbocycles. The van der Waals surface area contributed by atoms with Crippen LogP contribution in [0.25, 0.3) is 0 Å². The normalized spacial score (nSPS) is 13.7. The Balaban J connectivity index is 1.95. The molecule has 6 heteroatoms. The summed E-state index contributed by atoms with van der Waals surface area (Å²) in [6.07, 6.45) is 1.86. The van der Waals surface area contributed by atoms with Gasteiger partial charge in [0.2, 0.25) is 5.91 Å². The van der Waals surface area contributed by atoms with Crippen molar-refractivity contribution in [3.05, 3.63) is 29.8 Å². The molecular formula is C15H19N3O2S. The van der Waals surface area contributed by atoms with Gasteiger partial charge in [-0.05, 0) is 57.1 Å². The van der Waals surface area contributed by atoms with E-state index in [2.05, 4.69) is 16.0 Å². The molecule has 3 N–H and O–H groups in total. The van der Waals surface area contributed by atoms with Gasteiger partial charge < -0.3 is 16.0 Å². The second-order valence-electron chi connectivity index (χ2n) is 5.43. The van der Waals surface area contributed by atoms with E-state index < -0.39 is 0 Å². The lowest BCUT2D eigenvalue weighted by Crippen LogP contribution is -2.35. The van der Waals surface area contributed by atoms with E-state index in [0.717, 1.165) is 12.8 Å². The first-order chi connectivity index (χ1) is 9.95. The summed E-state index contributed by atoms with van der Waals surface area (Å²) >= 11 is 5.09. The Bertz CT molecular complexity index is 568. The summed E-state index contributed by atoms with van der Waals surface area (Å²) in [5.41, 5.74) is 1.22. The first kappa shape index (κ1) is 15.4. The van der Waals surface area contributed by atoms with Crippen LogP contribution in [0, 0.1) is 5.92 Å². The number of carbonyl (C=O) groups is 2. The van der Waals surface area contributed by atoms with Crippen molar-refractivity contribution in [1.82, 2.24) is 10.6 Å². The van der Waals surface area contributed by atoms with Crippen molar-refractivity contribution < 1.29 is 9.59 Å². The van der Waals surface area contributed by atoms with Crippen LogP contribution in [0.15, 0.2) is 24.3 Å². The summed E-state index contributed by atoms with van der Waals surface area (Å²) in [6, 6.07) is 7.07. The smallest absolute Gasteiger partial charge is 0.251 e. The number of nitrogens with one attached hydrogen (secondary N) is 3. The van der Waals surface area contributed by atoms with E-state index in [9.17, 15) is 9.59 Å².